The Balaban J connectivity index is 2.01. The van der Waals surface area contributed by atoms with Gasteiger partial charge < -0.3 is 15.4 Å². The average molecular weight is 294 g/mol. The van der Waals surface area contributed by atoms with Crippen LogP contribution in [0, 0.1) is 11.6 Å². The first-order valence-electron chi connectivity index (χ1n) is 6.07. The number of para-hydroxylation sites is 1. The van der Waals surface area contributed by atoms with Crippen LogP contribution in [0.25, 0.3) is 0 Å². The van der Waals surface area contributed by atoms with Crippen molar-refractivity contribution in [2.24, 2.45) is 0 Å². The van der Waals surface area contributed by atoms with Gasteiger partial charge in [-0.25, -0.2) is 23.5 Å². The Labute approximate surface area is 119 Å². The fourth-order valence-corrected chi connectivity index (χ4v) is 1.48. The van der Waals surface area contributed by atoms with E-state index in [-0.39, 0.29) is 11.7 Å². The molecule has 0 aliphatic heterocycles. The van der Waals surface area contributed by atoms with Crippen LogP contribution in [0.4, 0.5) is 25.0 Å². The molecule has 2 amide bonds. The summed E-state index contributed by atoms with van der Waals surface area (Å²) in [4.78, 5) is 19.3. The van der Waals surface area contributed by atoms with Gasteiger partial charge in [-0.15, -0.1) is 0 Å². The molecule has 0 bridgehead atoms. The van der Waals surface area contributed by atoms with Gasteiger partial charge in [0.2, 0.25) is 0 Å². The zero-order valence-electron chi connectivity index (χ0n) is 11.1. The van der Waals surface area contributed by atoms with Gasteiger partial charge in [0, 0.05) is 0 Å². The van der Waals surface area contributed by atoms with E-state index in [1.807, 2.05) is 0 Å². The molecule has 8 heteroatoms. The van der Waals surface area contributed by atoms with Crippen LogP contribution in [-0.4, -0.2) is 22.6 Å². The van der Waals surface area contributed by atoms with Gasteiger partial charge in [-0.05, 0) is 19.1 Å². The molecular formula is C13H12F2N4O2. The van der Waals surface area contributed by atoms with E-state index in [0.29, 0.717) is 6.61 Å². The van der Waals surface area contributed by atoms with Gasteiger partial charge in [-0.1, -0.05) is 6.07 Å². The normalized spacial score (nSPS) is 10.0. The van der Waals surface area contributed by atoms with Crippen LogP contribution in [0.1, 0.15) is 6.92 Å². The van der Waals surface area contributed by atoms with Crippen molar-refractivity contribution in [2.45, 2.75) is 6.92 Å². The maximum atomic E-state index is 13.4. The standard InChI is InChI=1S/C13H12F2N4O2/c1-2-21-13-16-6-8(7-17-13)18-12(20)19-11-9(14)4-3-5-10(11)15/h3-7H,2H2,1H3,(H2,18,19,20). The number of nitrogens with one attached hydrogen (secondary N) is 2. The summed E-state index contributed by atoms with van der Waals surface area (Å²) in [5.41, 5.74) is -0.269. The van der Waals surface area contributed by atoms with E-state index < -0.39 is 23.4 Å². The van der Waals surface area contributed by atoms with Crippen molar-refractivity contribution >= 4 is 17.4 Å². The predicted octanol–water partition coefficient (Wildman–Crippen LogP) is 2.80. The van der Waals surface area contributed by atoms with Crippen molar-refractivity contribution in [1.29, 1.82) is 0 Å². The molecule has 0 aliphatic rings. The number of amides is 2. The van der Waals surface area contributed by atoms with E-state index in [1.54, 1.807) is 6.92 Å². The Hall–Kier alpha value is -2.77. The molecule has 1 aromatic heterocycles. The van der Waals surface area contributed by atoms with Gasteiger partial charge >= 0.3 is 12.0 Å². The Morgan fingerprint density at radius 2 is 1.81 bits per heavy atom. The monoisotopic (exact) mass is 294 g/mol. The van der Waals surface area contributed by atoms with Crippen molar-refractivity contribution in [3.63, 3.8) is 0 Å². The lowest BCUT2D eigenvalue weighted by Gasteiger charge is -2.09. The summed E-state index contributed by atoms with van der Waals surface area (Å²) < 4.78 is 31.8. The van der Waals surface area contributed by atoms with Gasteiger partial charge in [-0.2, -0.15) is 0 Å². The minimum atomic E-state index is -0.868. The molecule has 110 valence electrons. The number of rotatable bonds is 4. The number of anilines is 2. The van der Waals surface area contributed by atoms with Crippen LogP contribution in [-0.2, 0) is 0 Å². The highest BCUT2D eigenvalue weighted by Gasteiger charge is 2.12. The topological polar surface area (TPSA) is 76.1 Å². The third kappa shape index (κ3) is 3.85. The molecule has 0 atom stereocenters. The fraction of sp³-hybridized carbons (Fsp3) is 0.154. The molecule has 2 rings (SSSR count). The number of halogens is 2. The summed E-state index contributed by atoms with van der Waals surface area (Å²) in [6, 6.07) is 2.64. The van der Waals surface area contributed by atoms with Crippen molar-refractivity contribution < 1.29 is 18.3 Å². The number of benzene rings is 1. The Morgan fingerprint density at radius 1 is 1.19 bits per heavy atom. The van der Waals surface area contributed by atoms with E-state index in [9.17, 15) is 13.6 Å². The lowest BCUT2D eigenvalue weighted by molar-refractivity contribution is 0.262. The highest BCUT2D eigenvalue weighted by atomic mass is 19.1. The molecule has 0 aliphatic carbocycles. The van der Waals surface area contributed by atoms with Crippen LogP contribution in [0.2, 0.25) is 0 Å². The summed E-state index contributed by atoms with van der Waals surface area (Å²) in [6.07, 6.45) is 2.63. The Kier molecular flexibility index (Phi) is 4.60. The SMILES string of the molecule is CCOc1ncc(NC(=O)Nc2c(F)cccc2F)cn1. The molecular weight excluding hydrogens is 282 g/mol. The molecule has 1 aromatic carbocycles. The lowest BCUT2D eigenvalue weighted by atomic mass is 10.3. The second kappa shape index (κ2) is 6.60. The van der Waals surface area contributed by atoms with Crippen LogP contribution in [0.5, 0.6) is 6.01 Å². The summed E-state index contributed by atoms with van der Waals surface area (Å²) in [6.45, 7) is 2.20. The van der Waals surface area contributed by atoms with Gasteiger partial charge in [0.25, 0.3) is 0 Å². The number of hydrogen-bond acceptors (Lipinski definition) is 4. The number of ether oxygens (including phenoxy) is 1. The summed E-state index contributed by atoms with van der Waals surface area (Å²) in [5.74, 6) is -1.74. The average Bonchev–Trinajstić information content (AvgIpc) is 2.45. The molecule has 6 nitrogen and oxygen atoms in total. The van der Waals surface area contributed by atoms with Crippen molar-refractivity contribution in [1.82, 2.24) is 9.97 Å². The van der Waals surface area contributed by atoms with Gasteiger partial charge in [0.15, 0.2) is 0 Å². The number of nitrogens with zero attached hydrogens (tertiary/aromatic N) is 2. The first-order valence-corrected chi connectivity index (χ1v) is 6.07. The minimum absolute atomic E-state index is 0.170. The molecule has 0 fully saturated rings. The Bertz CT molecular complexity index is 614. The van der Waals surface area contributed by atoms with Crippen molar-refractivity contribution in [3.8, 4) is 6.01 Å². The lowest BCUT2D eigenvalue weighted by Crippen LogP contribution is -2.21. The van der Waals surface area contributed by atoms with Gasteiger partial charge in [-0.3, -0.25) is 0 Å². The maximum absolute atomic E-state index is 13.4. The fourth-order valence-electron chi connectivity index (χ4n) is 1.48. The molecule has 2 N–H and O–H groups in total. The number of hydrogen-bond donors (Lipinski definition) is 2. The third-order valence-electron chi connectivity index (χ3n) is 2.36. The quantitative estimate of drug-likeness (QED) is 0.909. The molecule has 0 radical (unpaired) electrons. The van der Waals surface area contributed by atoms with Crippen molar-refractivity contribution in [3.05, 3.63) is 42.2 Å². The van der Waals surface area contributed by atoms with Gasteiger partial charge in [0.1, 0.15) is 17.3 Å². The Morgan fingerprint density at radius 3 is 2.38 bits per heavy atom. The molecule has 0 saturated heterocycles. The van der Waals surface area contributed by atoms with Crippen molar-refractivity contribution in [2.75, 3.05) is 17.2 Å². The maximum Gasteiger partial charge on any atom is 0.323 e. The number of aromatic nitrogens is 2. The van der Waals surface area contributed by atoms with E-state index in [0.717, 1.165) is 12.1 Å². The molecule has 0 saturated carbocycles. The summed E-state index contributed by atoms with van der Waals surface area (Å²) >= 11 is 0. The third-order valence-corrected chi connectivity index (χ3v) is 2.36. The largest absolute Gasteiger partial charge is 0.464 e. The summed E-state index contributed by atoms with van der Waals surface area (Å²) in [5, 5.41) is 4.43. The highest BCUT2D eigenvalue weighted by molar-refractivity contribution is 5.99. The highest BCUT2D eigenvalue weighted by Crippen LogP contribution is 2.18. The summed E-state index contributed by atoms with van der Waals surface area (Å²) in [7, 11) is 0. The van der Waals surface area contributed by atoms with E-state index in [1.165, 1.54) is 18.5 Å². The van der Waals surface area contributed by atoms with Crippen LogP contribution in [0.15, 0.2) is 30.6 Å². The van der Waals surface area contributed by atoms with Crippen LogP contribution < -0.4 is 15.4 Å². The van der Waals surface area contributed by atoms with Gasteiger partial charge in [0.05, 0.1) is 24.7 Å². The first kappa shape index (κ1) is 14.6. The zero-order chi connectivity index (χ0) is 15.2. The first-order chi connectivity index (χ1) is 10.1. The molecule has 0 spiro atoms. The predicted molar refractivity (Wildman–Crippen MR) is 72.2 cm³/mol. The molecule has 2 aromatic rings. The van der Waals surface area contributed by atoms with E-state index in [2.05, 4.69) is 20.6 Å². The van der Waals surface area contributed by atoms with Crippen LogP contribution >= 0.6 is 0 Å². The second-order valence-corrected chi connectivity index (χ2v) is 3.86. The molecule has 0 unspecified atom stereocenters. The van der Waals surface area contributed by atoms with E-state index >= 15 is 0 Å². The number of urea groups is 1. The smallest absolute Gasteiger partial charge is 0.323 e. The van der Waals surface area contributed by atoms with E-state index in [4.69, 9.17) is 4.74 Å². The second-order valence-electron chi connectivity index (χ2n) is 3.86. The number of carbonyl (C=O) groups is 1. The zero-order valence-corrected chi connectivity index (χ0v) is 11.1. The van der Waals surface area contributed by atoms with Crippen LogP contribution in [0.3, 0.4) is 0 Å². The minimum Gasteiger partial charge on any atom is -0.464 e. The number of carbonyl (C=O) groups excluding carboxylic acids is 1. The molecule has 1 heterocycles. The molecule has 21 heavy (non-hydrogen) atoms.